The maximum atomic E-state index is 11.3. The van der Waals surface area contributed by atoms with Gasteiger partial charge < -0.3 is 15.7 Å². The molecule has 0 spiro atoms. The van der Waals surface area contributed by atoms with E-state index in [1.165, 1.54) is 18.2 Å². The second-order valence-electron chi connectivity index (χ2n) is 3.08. The van der Waals surface area contributed by atoms with Gasteiger partial charge in [-0.25, -0.2) is 4.79 Å². The van der Waals surface area contributed by atoms with Crippen molar-refractivity contribution >= 4 is 29.2 Å². The largest absolute Gasteiger partial charge is 0.478 e. The normalized spacial score (nSPS) is 9.88. The van der Waals surface area contributed by atoms with Crippen molar-refractivity contribution in [3.8, 4) is 0 Å². The van der Waals surface area contributed by atoms with E-state index in [4.69, 9.17) is 16.7 Å². The van der Waals surface area contributed by atoms with Crippen LogP contribution in [0.2, 0.25) is 5.02 Å². The lowest BCUT2D eigenvalue weighted by molar-refractivity contribution is -0.115. The van der Waals surface area contributed by atoms with E-state index in [1.807, 2.05) is 0 Å². The van der Waals surface area contributed by atoms with Crippen LogP contribution in [-0.4, -0.2) is 30.6 Å². The van der Waals surface area contributed by atoms with Gasteiger partial charge in [0, 0.05) is 0 Å². The molecule has 0 aliphatic rings. The lowest BCUT2D eigenvalue weighted by Crippen LogP contribution is -2.25. The van der Waals surface area contributed by atoms with Crippen LogP contribution in [0.4, 0.5) is 5.69 Å². The molecule has 1 amide bonds. The Morgan fingerprint density at radius 3 is 2.69 bits per heavy atom. The molecule has 0 aliphatic carbocycles. The number of anilines is 1. The molecule has 1 aromatic rings. The summed E-state index contributed by atoms with van der Waals surface area (Å²) in [5, 5.41) is 14.3. The molecule has 0 aromatic heterocycles. The zero-order valence-electron chi connectivity index (χ0n) is 8.58. The predicted octanol–water partition coefficient (Wildman–Crippen LogP) is 1.20. The molecule has 0 radical (unpaired) electrons. The van der Waals surface area contributed by atoms with E-state index in [2.05, 4.69) is 10.6 Å². The summed E-state index contributed by atoms with van der Waals surface area (Å²) >= 11 is 5.82. The average molecular weight is 243 g/mol. The molecule has 0 unspecified atom stereocenters. The van der Waals surface area contributed by atoms with Crippen molar-refractivity contribution in [2.75, 3.05) is 18.9 Å². The Bertz CT molecular complexity index is 421. The smallest absolute Gasteiger partial charge is 0.335 e. The summed E-state index contributed by atoms with van der Waals surface area (Å²) < 4.78 is 0. The number of carboxylic acids is 1. The summed E-state index contributed by atoms with van der Waals surface area (Å²) in [6.45, 7) is 0.133. The maximum Gasteiger partial charge on any atom is 0.335 e. The Hall–Kier alpha value is -1.59. The molecule has 0 heterocycles. The van der Waals surface area contributed by atoms with Gasteiger partial charge >= 0.3 is 5.97 Å². The third-order valence-corrected chi connectivity index (χ3v) is 2.15. The molecule has 3 N–H and O–H groups in total. The van der Waals surface area contributed by atoms with E-state index in [9.17, 15) is 9.59 Å². The van der Waals surface area contributed by atoms with Gasteiger partial charge in [0.05, 0.1) is 22.8 Å². The molecule has 0 saturated heterocycles. The fourth-order valence-corrected chi connectivity index (χ4v) is 1.27. The van der Waals surface area contributed by atoms with Gasteiger partial charge in [-0.2, -0.15) is 0 Å². The first kappa shape index (κ1) is 12.5. The molecule has 86 valence electrons. The van der Waals surface area contributed by atoms with E-state index in [1.54, 1.807) is 7.05 Å². The molecule has 0 fully saturated rings. The van der Waals surface area contributed by atoms with Crippen molar-refractivity contribution in [1.29, 1.82) is 0 Å². The summed E-state index contributed by atoms with van der Waals surface area (Å²) in [5.74, 6) is -1.35. The van der Waals surface area contributed by atoms with Gasteiger partial charge in [0.2, 0.25) is 5.91 Å². The number of likely N-dealkylation sites (N-methyl/N-ethyl adjacent to an activating group) is 1. The Morgan fingerprint density at radius 2 is 2.12 bits per heavy atom. The second kappa shape index (κ2) is 5.48. The maximum absolute atomic E-state index is 11.3. The predicted molar refractivity (Wildman–Crippen MR) is 61.0 cm³/mol. The number of rotatable bonds is 4. The molecular formula is C10H11ClN2O3. The minimum atomic E-state index is -1.07. The first-order chi connectivity index (χ1) is 7.54. The van der Waals surface area contributed by atoms with Crippen LogP contribution < -0.4 is 10.6 Å². The van der Waals surface area contributed by atoms with Crippen molar-refractivity contribution in [2.45, 2.75) is 0 Å². The molecule has 0 atom stereocenters. The van der Waals surface area contributed by atoms with Crippen molar-refractivity contribution < 1.29 is 14.7 Å². The summed E-state index contributed by atoms with van der Waals surface area (Å²) in [7, 11) is 1.63. The van der Waals surface area contributed by atoms with Gasteiger partial charge in [-0.05, 0) is 25.2 Å². The van der Waals surface area contributed by atoms with Crippen LogP contribution in [0.15, 0.2) is 18.2 Å². The third-order valence-electron chi connectivity index (χ3n) is 1.82. The third kappa shape index (κ3) is 3.22. The van der Waals surface area contributed by atoms with Gasteiger partial charge in [0.15, 0.2) is 0 Å². The molecular weight excluding hydrogens is 232 g/mol. The van der Waals surface area contributed by atoms with Crippen LogP contribution in [-0.2, 0) is 4.79 Å². The molecule has 0 bridgehead atoms. The van der Waals surface area contributed by atoms with Gasteiger partial charge in [-0.15, -0.1) is 0 Å². The van der Waals surface area contributed by atoms with E-state index in [-0.39, 0.29) is 18.0 Å². The number of aromatic carboxylic acids is 1. The summed E-state index contributed by atoms with van der Waals surface area (Å²) in [6.07, 6.45) is 0. The second-order valence-corrected chi connectivity index (χ2v) is 3.49. The van der Waals surface area contributed by atoms with Crippen LogP contribution in [0, 0.1) is 0 Å². The molecule has 5 nitrogen and oxygen atoms in total. The van der Waals surface area contributed by atoms with Crippen molar-refractivity contribution in [3.63, 3.8) is 0 Å². The number of amides is 1. The first-order valence-electron chi connectivity index (χ1n) is 4.52. The van der Waals surface area contributed by atoms with E-state index in [0.717, 1.165) is 0 Å². The van der Waals surface area contributed by atoms with Crippen LogP contribution in [0.25, 0.3) is 0 Å². The zero-order valence-corrected chi connectivity index (χ0v) is 9.34. The standard InChI is InChI=1S/C10H11ClN2O3/c1-12-5-9(14)13-8-4-6(10(15)16)2-3-7(8)11/h2-4,12H,5H2,1H3,(H,13,14)(H,15,16). The zero-order chi connectivity index (χ0) is 12.1. The van der Waals surface area contributed by atoms with E-state index in [0.29, 0.717) is 10.7 Å². The van der Waals surface area contributed by atoms with Crippen molar-refractivity contribution in [3.05, 3.63) is 28.8 Å². The lowest BCUT2D eigenvalue weighted by Gasteiger charge is -2.07. The highest BCUT2D eigenvalue weighted by Gasteiger charge is 2.09. The number of carbonyl (C=O) groups excluding carboxylic acids is 1. The molecule has 1 rings (SSSR count). The number of benzene rings is 1. The van der Waals surface area contributed by atoms with Crippen molar-refractivity contribution in [2.24, 2.45) is 0 Å². The highest BCUT2D eigenvalue weighted by molar-refractivity contribution is 6.33. The molecule has 0 aliphatic heterocycles. The van der Waals surface area contributed by atoms with E-state index >= 15 is 0 Å². The Labute approximate surface area is 97.4 Å². The fourth-order valence-electron chi connectivity index (χ4n) is 1.11. The number of carboxylic acid groups (broad SMARTS) is 1. The molecule has 1 aromatic carbocycles. The number of hydrogen-bond donors (Lipinski definition) is 3. The van der Waals surface area contributed by atoms with Crippen LogP contribution in [0.1, 0.15) is 10.4 Å². The lowest BCUT2D eigenvalue weighted by atomic mass is 10.2. The quantitative estimate of drug-likeness (QED) is 0.741. The number of nitrogens with one attached hydrogen (secondary N) is 2. The minimum Gasteiger partial charge on any atom is -0.478 e. The van der Waals surface area contributed by atoms with Crippen LogP contribution in [0.5, 0.6) is 0 Å². The number of halogens is 1. The van der Waals surface area contributed by atoms with Gasteiger partial charge in [-0.1, -0.05) is 11.6 Å². The molecule has 16 heavy (non-hydrogen) atoms. The Balaban J connectivity index is 2.90. The summed E-state index contributed by atoms with van der Waals surface area (Å²) in [4.78, 5) is 22.0. The fraction of sp³-hybridized carbons (Fsp3) is 0.200. The number of hydrogen-bond acceptors (Lipinski definition) is 3. The number of carbonyl (C=O) groups is 2. The first-order valence-corrected chi connectivity index (χ1v) is 4.89. The van der Waals surface area contributed by atoms with Crippen LogP contribution in [0.3, 0.4) is 0 Å². The Morgan fingerprint density at radius 1 is 1.44 bits per heavy atom. The highest BCUT2D eigenvalue weighted by atomic mass is 35.5. The van der Waals surface area contributed by atoms with Crippen LogP contribution >= 0.6 is 11.6 Å². The monoisotopic (exact) mass is 242 g/mol. The highest BCUT2D eigenvalue weighted by Crippen LogP contribution is 2.22. The summed E-state index contributed by atoms with van der Waals surface area (Å²) in [6, 6.07) is 4.12. The van der Waals surface area contributed by atoms with Gasteiger partial charge in [0.1, 0.15) is 0 Å². The molecule has 6 heteroatoms. The minimum absolute atomic E-state index is 0.0733. The van der Waals surface area contributed by atoms with Gasteiger partial charge in [-0.3, -0.25) is 4.79 Å². The Kier molecular flexibility index (Phi) is 4.28. The van der Waals surface area contributed by atoms with Gasteiger partial charge in [0.25, 0.3) is 0 Å². The van der Waals surface area contributed by atoms with Crippen molar-refractivity contribution in [1.82, 2.24) is 5.32 Å². The van der Waals surface area contributed by atoms with E-state index < -0.39 is 5.97 Å². The average Bonchev–Trinajstić information content (AvgIpc) is 2.21. The topological polar surface area (TPSA) is 78.4 Å². The summed E-state index contributed by atoms with van der Waals surface area (Å²) in [5.41, 5.74) is 0.367. The molecule has 0 saturated carbocycles. The SMILES string of the molecule is CNCC(=O)Nc1cc(C(=O)O)ccc1Cl.